The second kappa shape index (κ2) is 9.96. The molecule has 0 radical (unpaired) electrons. The van der Waals surface area contributed by atoms with E-state index in [9.17, 15) is 14.5 Å². The van der Waals surface area contributed by atoms with E-state index in [2.05, 4.69) is 12.1 Å². The molecule has 0 bridgehead atoms. The molecule has 0 saturated heterocycles. The van der Waals surface area contributed by atoms with Crippen molar-refractivity contribution < 1.29 is 19.2 Å². The maximum absolute atomic E-state index is 12.0. The van der Waals surface area contributed by atoms with Crippen LogP contribution in [0.5, 0.6) is 0 Å². The monoisotopic (exact) mass is 345 g/mol. The van der Waals surface area contributed by atoms with E-state index in [-0.39, 0.29) is 6.61 Å². The average Bonchev–Trinajstić information content (AvgIpc) is 2.64. The molecule has 2 atom stereocenters. The van der Waals surface area contributed by atoms with Gasteiger partial charge in [-0.25, -0.2) is 4.79 Å². The Hall–Kier alpha value is -2.03. The Morgan fingerprint density at radius 2 is 1.54 bits per heavy atom. The lowest BCUT2D eigenvalue weighted by Crippen LogP contribution is -2.20. The van der Waals surface area contributed by atoms with Crippen molar-refractivity contribution in [1.29, 1.82) is 0 Å². The summed E-state index contributed by atoms with van der Waals surface area (Å²) in [5.41, 5.74) is 2.06. The summed E-state index contributed by atoms with van der Waals surface area (Å²) < 4.78 is 17.0. The number of carbonyl (C=O) groups is 1. The quantitative estimate of drug-likeness (QED) is 0.425. The van der Waals surface area contributed by atoms with Gasteiger partial charge in [0.2, 0.25) is 0 Å². The molecular formula is C19H22O4P+. The zero-order chi connectivity index (χ0) is 17.2. The predicted molar refractivity (Wildman–Crippen MR) is 94.1 cm³/mol. The lowest BCUT2D eigenvalue weighted by atomic mass is 10.1. The third-order valence-corrected chi connectivity index (χ3v) is 5.16. The lowest BCUT2D eigenvalue weighted by molar-refractivity contribution is -0.150. The maximum Gasteiger partial charge on any atom is 0.387 e. The summed E-state index contributed by atoms with van der Waals surface area (Å²) in [5.74, 6) is -2.36. The topological polar surface area (TPSA) is 63.6 Å². The van der Waals surface area contributed by atoms with Crippen molar-refractivity contribution >= 4 is 13.8 Å². The van der Waals surface area contributed by atoms with Gasteiger partial charge in [-0.15, -0.1) is 0 Å². The first-order valence-electron chi connectivity index (χ1n) is 8.03. The van der Waals surface area contributed by atoms with E-state index in [1.165, 1.54) is 5.56 Å². The molecule has 0 fully saturated rings. The van der Waals surface area contributed by atoms with Gasteiger partial charge in [-0.1, -0.05) is 65.2 Å². The Labute approximate surface area is 143 Å². The third-order valence-electron chi connectivity index (χ3n) is 3.64. The highest BCUT2D eigenvalue weighted by molar-refractivity contribution is 7.46. The fourth-order valence-corrected chi connectivity index (χ4v) is 3.37. The molecule has 0 aromatic heterocycles. The van der Waals surface area contributed by atoms with Crippen LogP contribution in [0.2, 0.25) is 0 Å². The summed E-state index contributed by atoms with van der Waals surface area (Å²) in [6, 6.07) is 19.2. The molecule has 2 aromatic carbocycles. The maximum atomic E-state index is 12.0. The predicted octanol–water partition coefficient (Wildman–Crippen LogP) is 3.90. The van der Waals surface area contributed by atoms with Crippen LogP contribution in [0.25, 0.3) is 0 Å². The Kier molecular flexibility index (Phi) is 7.60. The second-order valence-electron chi connectivity index (χ2n) is 5.55. The van der Waals surface area contributed by atoms with Crippen molar-refractivity contribution in [1.82, 2.24) is 0 Å². The molecule has 0 spiro atoms. The first-order chi connectivity index (χ1) is 11.7. The summed E-state index contributed by atoms with van der Waals surface area (Å²) in [6.45, 7) is 0.0773. The van der Waals surface area contributed by atoms with Crippen molar-refractivity contribution in [2.24, 2.45) is 0 Å². The Bertz CT molecular complexity index is 643. The number of carbonyl (C=O) groups excluding carboxylic acids is 1. The number of benzene rings is 2. The van der Waals surface area contributed by atoms with Crippen LogP contribution < -0.4 is 0 Å². The normalized spacial score (nSPS) is 12.5. The van der Waals surface area contributed by atoms with E-state index < -0.39 is 19.6 Å². The van der Waals surface area contributed by atoms with E-state index in [0.29, 0.717) is 12.6 Å². The number of aliphatic hydroxyl groups excluding tert-OH is 1. The SMILES string of the molecule is O=C(OCc1ccccc1)[C@H](O)[P+](=O)CCCCc1ccccc1. The lowest BCUT2D eigenvalue weighted by Gasteiger charge is -2.04. The summed E-state index contributed by atoms with van der Waals surface area (Å²) in [4.78, 5) is 11.8. The molecule has 24 heavy (non-hydrogen) atoms. The van der Waals surface area contributed by atoms with E-state index in [1.807, 2.05) is 48.5 Å². The summed E-state index contributed by atoms with van der Waals surface area (Å²) in [5, 5.41) is 9.82. The van der Waals surface area contributed by atoms with Crippen LogP contribution in [0.15, 0.2) is 60.7 Å². The minimum atomic E-state index is -2.01. The number of esters is 1. The first kappa shape index (κ1) is 18.3. The minimum absolute atomic E-state index is 0.0773. The molecule has 1 N–H and O–H groups in total. The largest absolute Gasteiger partial charge is 0.456 e. The highest BCUT2D eigenvalue weighted by atomic mass is 31.1. The van der Waals surface area contributed by atoms with Crippen molar-refractivity contribution in [2.75, 3.05) is 6.16 Å². The van der Waals surface area contributed by atoms with Crippen LogP contribution >= 0.6 is 7.80 Å². The van der Waals surface area contributed by atoms with Gasteiger partial charge in [0.25, 0.3) is 0 Å². The Morgan fingerprint density at radius 3 is 2.17 bits per heavy atom. The van der Waals surface area contributed by atoms with Crippen LogP contribution in [0.4, 0.5) is 0 Å². The Balaban J connectivity index is 1.66. The van der Waals surface area contributed by atoms with Crippen molar-refractivity contribution in [2.45, 2.75) is 31.7 Å². The van der Waals surface area contributed by atoms with Gasteiger partial charge in [0.1, 0.15) is 12.8 Å². The number of hydrogen-bond donors (Lipinski definition) is 1. The van der Waals surface area contributed by atoms with E-state index in [4.69, 9.17) is 4.74 Å². The third kappa shape index (κ3) is 6.23. The second-order valence-corrected chi connectivity index (χ2v) is 7.32. The average molecular weight is 345 g/mol. The molecule has 0 saturated carbocycles. The van der Waals surface area contributed by atoms with Gasteiger partial charge in [0, 0.05) is 0 Å². The first-order valence-corrected chi connectivity index (χ1v) is 9.54. The van der Waals surface area contributed by atoms with Gasteiger partial charge in [-0.05, 0) is 30.4 Å². The van der Waals surface area contributed by atoms with Crippen LogP contribution in [0.1, 0.15) is 24.0 Å². The molecule has 4 nitrogen and oxygen atoms in total. The Morgan fingerprint density at radius 1 is 0.958 bits per heavy atom. The summed E-state index contributed by atoms with van der Waals surface area (Å²) in [7, 11) is -2.01. The van der Waals surface area contributed by atoms with Gasteiger partial charge in [0.15, 0.2) is 0 Å². The number of ether oxygens (including phenoxy) is 1. The molecule has 1 unspecified atom stereocenters. The van der Waals surface area contributed by atoms with Gasteiger partial charge < -0.3 is 9.84 Å². The number of hydrogen-bond acceptors (Lipinski definition) is 4. The zero-order valence-corrected chi connectivity index (χ0v) is 14.4. The molecule has 5 heteroatoms. The summed E-state index contributed by atoms with van der Waals surface area (Å²) >= 11 is 0. The molecule has 0 aliphatic carbocycles. The highest BCUT2D eigenvalue weighted by Crippen LogP contribution is 2.29. The van der Waals surface area contributed by atoms with Gasteiger partial charge in [0.05, 0.1) is 0 Å². The fourth-order valence-electron chi connectivity index (χ4n) is 2.28. The van der Waals surface area contributed by atoms with Gasteiger partial charge >= 0.3 is 19.6 Å². The molecule has 0 heterocycles. The molecule has 0 amide bonds. The van der Waals surface area contributed by atoms with Crippen molar-refractivity contribution in [3.8, 4) is 0 Å². The van der Waals surface area contributed by atoms with Crippen LogP contribution in [-0.4, -0.2) is 23.1 Å². The highest BCUT2D eigenvalue weighted by Gasteiger charge is 2.36. The molecular weight excluding hydrogens is 323 g/mol. The van der Waals surface area contributed by atoms with Crippen molar-refractivity contribution in [3.63, 3.8) is 0 Å². The zero-order valence-electron chi connectivity index (χ0n) is 13.5. The van der Waals surface area contributed by atoms with Crippen molar-refractivity contribution in [3.05, 3.63) is 71.8 Å². The van der Waals surface area contributed by atoms with Gasteiger partial charge in [-0.2, -0.15) is 0 Å². The fraction of sp³-hybridized carbons (Fsp3) is 0.316. The molecule has 2 aromatic rings. The van der Waals surface area contributed by atoms with Crippen LogP contribution in [0, 0.1) is 0 Å². The standard InChI is InChI=1S/C19H22O4P/c20-18(23-15-17-12-5-2-6-13-17)19(21)24(22)14-8-7-11-16-9-3-1-4-10-16/h1-6,9-10,12-13,19,21H,7-8,11,14-15H2/q+1/t19-/m1/s1. The molecule has 0 aliphatic heterocycles. The summed E-state index contributed by atoms with van der Waals surface area (Å²) in [6.07, 6.45) is 2.80. The molecule has 0 aliphatic rings. The van der Waals surface area contributed by atoms with E-state index >= 15 is 0 Å². The van der Waals surface area contributed by atoms with E-state index in [1.54, 1.807) is 0 Å². The number of aryl methyl sites for hydroxylation is 1. The van der Waals surface area contributed by atoms with Crippen LogP contribution in [0.3, 0.4) is 0 Å². The van der Waals surface area contributed by atoms with Gasteiger partial charge in [-0.3, -0.25) is 0 Å². The van der Waals surface area contributed by atoms with E-state index in [0.717, 1.165) is 18.4 Å². The van der Waals surface area contributed by atoms with Crippen LogP contribution in [-0.2, 0) is 27.1 Å². The number of aliphatic hydroxyl groups is 1. The smallest absolute Gasteiger partial charge is 0.387 e. The number of unbranched alkanes of at least 4 members (excludes halogenated alkanes) is 1. The number of rotatable bonds is 9. The molecule has 2 rings (SSSR count). The minimum Gasteiger partial charge on any atom is -0.456 e. The molecule has 126 valence electrons.